The maximum Gasteiger partial charge on any atom is 0.120 e. The van der Waals surface area contributed by atoms with Gasteiger partial charge in [-0.1, -0.05) is 18.2 Å². The van der Waals surface area contributed by atoms with E-state index < -0.39 is 0 Å². The highest BCUT2D eigenvalue weighted by Crippen LogP contribution is 2.24. The topological polar surface area (TPSA) is 21.3 Å². The monoisotopic (exact) mass is 289 g/mol. The third kappa shape index (κ3) is 4.09. The van der Waals surface area contributed by atoms with Gasteiger partial charge in [-0.3, -0.25) is 0 Å². The third-order valence-corrected chi connectivity index (χ3v) is 4.25. The molecular formula is C17H23NOS. The Morgan fingerprint density at radius 1 is 1.00 bits per heavy atom. The molecule has 0 saturated carbocycles. The van der Waals surface area contributed by atoms with Crippen LogP contribution >= 0.6 is 11.3 Å². The molecule has 0 aliphatic rings. The van der Waals surface area contributed by atoms with E-state index >= 15 is 0 Å². The minimum atomic E-state index is 0.207. The van der Waals surface area contributed by atoms with E-state index in [0.717, 1.165) is 5.75 Å². The maximum atomic E-state index is 5.76. The lowest BCUT2D eigenvalue weighted by molar-refractivity contribution is 0.242. The first kappa shape index (κ1) is 15.1. The molecule has 2 nitrogen and oxygen atoms in total. The number of thiophene rings is 1. The van der Waals surface area contributed by atoms with Crippen LogP contribution in [0, 0.1) is 0 Å². The van der Waals surface area contributed by atoms with E-state index in [4.69, 9.17) is 4.74 Å². The fraction of sp³-hybridized carbons (Fsp3) is 0.412. The summed E-state index contributed by atoms with van der Waals surface area (Å²) in [7, 11) is 0. The molecule has 1 aromatic carbocycles. The zero-order valence-corrected chi connectivity index (χ0v) is 13.4. The molecule has 108 valence electrons. The zero-order chi connectivity index (χ0) is 14.5. The quantitative estimate of drug-likeness (QED) is 0.812. The van der Waals surface area contributed by atoms with Gasteiger partial charge in [-0.15, -0.1) is 11.3 Å². The fourth-order valence-corrected chi connectivity index (χ4v) is 2.96. The average Bonchev–Trinajstić information content (AvgIpc) is 2.92. The SMILES string of the molecule is CC(C)Oc1cccc(C(C)NC(C)c2cccs2)c1. The predicted molar refractivity (Wildman–Crippen MR) is 86.5 cm³/mol. The Morgan fingerprint density at radius 2 is 1.80 bits per heavy atom. The van der Waals surface area contributed by atoms with Crippen LogP contribution in [-0.4, -0.2) is 6.10 Å². The second kappa shape index (κ2) is 6.91. The van der Waals surface area contributed by atoms with E-state index in [2.05, 4.69) is 54.9 Å². The molecule has 0 amide bonds. The van der Waals surface area contributed by atoms with Crippen LogP contribution in [0.25, 0.3) is 0 Å². The third-order valence-electron chi connectivity index (χ3n) is 3.20. The number of hydrogen-bond donors (Lipinski definition) is 1. The molecule has 3 heteroatoms. The van der Waals surface area contributed by atoms with Gasteiger partial charge >= 0.3 is 0 Å². The van der Waals surface area contributed by atoms with Gasteiger partial charge in [-0.25, -0.2) is 0 Å². The Labute approximate surface area is 125 Å². The molecule has 0 fully saturated rings. The average molecular weight is 289 g/mol. The molecule has 0 aliphatic heterocycles. The molecule has 2 unspecified atom stereocenters. The number of hydrogen-bond acceptors (Lipinski definition) is 3. The van der Waals surface area contributed by atoms with Crippen molar-refractivity contribution in [3.8, 4) is 5.75 Å². The molecule has 1 N–H and O–H groups in total. The highest BCUT2D eigenvalue weighted by molar-refractivity contribution is 7.10. The molecule has 2 aromatic rings. The molecular weight excluding hydrogens is 266 g/mol. The number of benzene rings is 1. The van der Waals surface area contributed by atoms with Gasteiger partial charge in [0.25, 0.3) is 0 Å². The smallest absolute Gasteiger partial charge is 0.120 e. The van der Waals surface area contributed by atoms with Gasteiger partial charge in [0.15, 0.2) is 0 Å². The molecule has 20 heavy (non-hydrogen) atoms. The van der Waals surface area contributed by atoms with Crippen LogP contribution in [0.1, 0.15) is 50.2 Å². The van der Waals surface area contributed by atoms with E-state index in [1.807, 2.05) is 19.9 Å². The number of ether oxygens (including phenoxy) is 1. The van der Waals surface area contributed by atoms with Crippen LogP contribution in [-0.2, 0) is 0 Å². The molecule has 2 atom stereocenters. The summed E-state index contributed by atoms with van der Waals surface area (Å²) in [5.41, 5.74) is 1.26. The molecule has 0 spiro atoms. The van der Waals surface area contributed by atoms with Crippen molar-refractivity contribution in [2.75, 3.05) is 0 Å². The van der Waals surface area contributed by atoms with Crippen molar-refractivity contribution in [3.05, 3.63) is 52.2 Å². The van der Waals surface area contributed by atoms with Crippen molar-refractivity contribution < 1.29 is 4.74 Å². The Morgan fingerprint density at radius 3 is 2.45 bits per heavy atom. The minimum Gasteiger partial charge on any atom is -0.491 e. The van der Waals surface area contributed by atoms with Crippen LogP contribution in [0.2, 0.25) is 0 Å². The lowest BCUT2D eigenvalue weighted by Crippen LogP contribution is -2.21. The predicted octanol–water partition coefficient (Wildman–Crippen LogP) is 4.95. The summed E-state index contributed by atoms with van der Waals surface area (Å²) >= 11 is 1.79. The Balaban J connectivity index is 2.03. The van der Waals surface area contributed by atoms with Crippen LogP contribution < -0.4 is 10.1 Å². The molecule has 1 heterocycles. The van der Waals surface area contributed by atoms with Gasteiger partial charge in [0.05, 0.1) is 6.10 Å². The van der Waals surface area contributed by atoms with Gasteiger partial charge in [0.1, 0.15) is 5.75 Å². The number of rotatable bonds is 6. The highest BCUT2D eigenvalue weighted by atomic mass is 32.1. The van der Waals surface area contributed by atoms with E-state index in [1.54, 1.807) is 11.3 Å². The van der Waals surface area contributed by atoms with Gasteiger partial charge in [0, 0.05) is 17.0 Å². The molecule has 2 rings (SSSR count). The summed E-state index contributed by atoms with van der Waals surface area (Å²) in [6.07, 6.45) is 0.207. The zero-order valence-electron chi connectivity index (χ0n) is 12.6. The van der Waals surface area contributed by atoms with E-state index in [0.29, 0.717) is 12.1 Å². The molecule has 0 radical (unpaired) electrons. The van der Waals surface area contributed by atoms with E-state index in [-0.39, 0.29) is 6.10 Å². The summed E-state index contributed by atoms with van der Waals surface area (Å²) in [4.78, 5) is 1.37. The van der Waals surface area contributed by atoms with Gasteiger partial charge in [0.2, 0.25) is 0 Å². The van der Waals surface area contributed by atoms with Crippen molar-refractivity contribution >= 4 is 11.3 Å². The Kier molecular flexibility index (Phi) is 5.21. The van der Waals surface area contributed by atoms with Gasteiger partial charge < -0.3 is 10.1 Å². The summed E-state index contributed by atoms with van der Waals surface area (Å²) in [6.45, 7) is 8.50. The first-order valence-electron chi connectivity index (χ1n) is 7.12. The normalized spacial score (nSPS) is 14.2. The maximum absolute atomic E-state index is 5.76. The summed E-state index contributed by atoms with van der Waals surface area (Å²) in [5, 5.41) is 5.75. The Bertz CT molecular complexity index is 522. The molecule has 0 bridgehead atoms. The fourth-order valence-electron chi connectivity index (χ4n) is 2.22. The van der Waals surface area contributed by atoms with Crippen molar-refractivity contribution in [1.82, 2.24) is 5.32 Å². The van der Waals surface area contributed by atoms with Gasteiger partial charge in [-0.2, -0.15) is 0 Å². The lowest BCUT2D eigenvalue weighted by atomic mass is 10.1. The van der Waals surface area contributed by atoms with Crippen LogP contribution in [0.15, 0.2) is 41.8 Å². The first-order chi connectivity index (χ1) is 9.56. The minimum absolute atomic E-state index is 0.207. The van der Waals surface area contributed by atoms with Crippen molar-refractivity contribution in [1.29, 1.82) is 0 Å². The van der Waals surface area contributed by atoms with Crippen molar-refractivity contribution in [3.63, 3.8) is 0 Å². The van der Waals surface area contributed by atoms with Gasteiger partial charge in [-0.05, 0) is 56.8 Å². The molecule has 1 aromatic heterocycles. The van der Waals surface area contributed by atoms with Crippen LogP contribution in [0.4, 0.5) is 0 Å². The van der Waals surface area contributed by atoms with E-state index in [9.17, 15) is 0 Å². The second-order valence-electron chi connectivity index (χ2n) is 5.36. The van der Waals surface area contributed by atoms with Crippen LogP contribution in [0.3, 0.4) is 0 Å². The second-order valence-corrected chi connectivity index (χ2v) is 6.34. The largest absolute Gasteiger partial charge is 0.491 e. The van der Waals surface area contributed by atoms with Crippen molar-refractivity contribution in [2.45, 2.75) is 45.9 Å². The Hall–Kier alpha value is -1.32. The van der Waals surface area contributed by atoms with Crippen molar-refractivity contribution in [2.24, 2.45) is 0 Å². The standard InChI is InChI=1S/C17H23NOS/c1-12(2)19-16-8-5-7-15(11-16)13(3)18-14(4)17-9-6-10-20-17/h5-14,18H,1-4H3. The summed E-state index contributed by atoms with van der Waals surface area (Å²) in [6, 6.07) is 13.3. The highest BCUT2D eigenvalue weighted by Gasteiger charge is 2.12. The first-order valence-corrected chi connectivity index (χ1v) is 8.00. The van der Waals surface area contributed by atoms with E-state index in [1.165, 1.54) is 10.4 Å². The number of nitrogens with one attached hydrogen (secondary N) is 1. The molecule has 0 saturated heterocycles. The van der Waals surface area contributed by atoms with Crippen LogP contribution in [0.5, 0.6) is 5.75 Å². The molecule has 0 aliphatic carbocycles. The summed E-state index contributed by atoms with van der Waals surface area (Å²) in [5.74, 6) is 0.940. The lowest BCUT2D eigenvalue weighted by Gasteiger charge is -2.20. The summed E-state index contributed by atoms with van der Waals surface area (Å²) < 4.78 is 5.76.